The van der Waals surface area contributed by atoms with Crippen LogP contribution >= 0.6 is 45.2 Å². The molecule has 0 fully saturated rings. The number of carboxylic acid groups (broad SMARTS) is 1. The van der Waals surface area contributed by atoms with Gasteiger partial charge in [-0.1, -0.05) is 0 Å². The zero-order chi connectivity index (χ0) is 11.6. The molecule has 0 aliphatic heterocycles. The maximum atomic E-state index is 10.6. The predicted octanol–water partition coefficient (Wildman–Crippen LogP) is 2.16. The van der Waals surface area contributed by atoms with Gasteiger partial charge in [-0.25, -0.2) is 0 Å². The topological polar surface area (TPSA) is 63.3 Å². The molecule has 0 radical (unpaired) electrons. The average Bonchev–Trinajstić information content (AvgIpc) is 2.13. The fraction of sp³-hybridized carbons (Fsp3) is 0.300. The number of hydrogen-bond acceptors (Lipinski definition) is 2. The van der Waals surface area contributed by atoms with Crippen molar-refractivity contribution in [3.63, 3.8) is 0 Å². The Morgan fingerprint density at radius 1 is 1.47 bits per heavy atom. The first-order valence-corrected chi connectivity index (χ1v) is 6.50. The van der Waals surface area contributed by atoms with E-state index < -0.39 is 12.0 Å². The summed E-state index contributed by atoms with van der Waals surface area (Å²) in [5.74, 6) is -0.958. The van der Waals surface area contributed by atoms with E-state index in [0.717, 1.165) is 12.7 Å². The predicted molar refractivity (Wildman–Crippen MR) is 75.9 cm³/mol. The SMILES string of the molecule is Cc1c(I)cc(CC(N)C(=O)O)cc1I. The molecule has 1 aromatic carbocycles. The Morgan fingerprint density at radius 3 is 2.33 bits per heavy atom. The van der Waals surface area contributed by atoms with Gasteiger partial charge < -0.3 is 10.8 Å². The van der Waals surface area contributed by atoms with Crippen LogP contribution in [-0.4, -0.2) is 17.1 Å². The van der Waals surface area contributed by atoms with Gasteiger partial charge >= 0.3 is 5.97 Å². The van der Waals surface area contributed by atoms with E-state index in [0.29, 0.717) is 6.42 Å². The van der Waals surface area contributed by atoms with Gasteiger partial charge in [0.25, 0.3) is 0 Å². The van der Waals surface area contributed by atoms with Crippen molar-refractivity contribution >= 4 is 51.2 Å². The van der Waals surface area contributed by atoms with Crippen LogP contribution in [0.15, 0.2) is 12.1 Å². The molecule has 0 spiro atoms. The molecule has 1 unspecified atom stereocenters. The summed E-state index contributed by atoms with van der Waals surface area (Å²) in [5.41, 5.74) is 7.68. The Kier molecular flexibility index (Phi) is 4.78. The molecule has 1 aromatic rings. The van der Waals surface area contributed by atoms with Crippen molar-refractivity contribution < 1.29 is 9.90 Å². The maximum Gasteiger partial charge on any atom is 0.320 e. The molecule has 3 nitrogen and oxygen atoms in total. The van der Waals surface area contributed by atoms with Crippen molar-refractivity contribution in [1.82, 2.24) is 0 Å². The molecular weight excluding hydrogens is 420 g/mol. The van der Waals surface area contributed by atoms with Gasteiger partial charge in [0.1, 0.15) is 6.04 Å². The van der Waals surface area contributed by atoms with Crippen LogP contribution in [0, 0.1) is 14.1 Å². The summed E-state index contributed by atoms with van der Waals surface area (Å²) in [6.07, 6.45) is 0.377. The van der Waals surface area contributed by atoms with Crippen LogP contribution in [0.3, 0.4) is 0 Å². The molecule has 0 saturated heterocycles. The van der Waals surface area contributed by atoms with Crippen molar-refractivity contribution in [2.75, 3.05) is 0 Å². The molecule has 5 heteroatoms. The average molecular weight is 431 g/mol. The molecule has 1 atom stereocenters. The summed E-state index contributed by atoms with van der Waals surface area (Å²) in [6, 6.07) is 3.15. The summed E-state index contributed by atoms with van der Waals surface area (Å²) < 4.78 is 2.29. The number of nitrogens with two attached hydrogens (primary N) is 1. The molecule has 0 saturated carbocycles. The molecular formula is C10H11I2NO2. The normalized spacial score (nSPS) is 12.5. The van der Waals surface area contributed by atoms with E-state index in [-0.39, 0.29) is 0 Å². The lowest BCUT2D eigenvalue weighted by Gasteiger charge is -2.09. The first-order chi connectivity index (χ1) is 6.91. The third kappa shape index (κ3) is 3.56. The Morgan fingerprint density at radius 2 is 1.93 bits per heavy atom. The largest absolute Gasteiger partial charge is 0.480 e. The number of halogens is 2. The van der Waals surface area contributed by atoms with Crippen LogP contribution in [0.25, 0.3) is 0 Å². The molecule has 0 aliphatic rings. The fourth-order valence-corrected chi connectivity index (χ4v) is 3.05. The second-order valence-corrected chi connectivity index (χ2v) is 5.66. The Balaban J connectivity index is 2.92. The first kappa shape index (κ1) is 13.2. The maximum absolute atomic E-state index is 10.6. The van der Waals surface area contributed by atoms with E-state index in [4.69, 9.17) is 10.8 Å². The molecule has 0 aromatic heterocycles. The second kappa shape index (κ2) is 5.44. The molecule has 0 aliphatic carbocycles. The minimum absolute atomic E-state index is 0.377. The smallest absolute Gasteiger partial charge is 0.320 e. The standard InChI is InChI=1S/C10H11I2NO2/c1-5-7(11)2-6(3-8(5)12)4-9(13)10(14)15/h2-3,9H,4,13H2,1H3,(H,14,15). The van der Waals surface area contributed by atoms with Crippen LogP contribution in [0.2, 0.25) is 0 Å². The highest BCUT2D eigenvalue weighted by molar-refractivity contribution is 14.1. The van der Waals surface area contributed by atoms with Gasteiger partial charge in [-0.3, -0.25) is 4.79 Å². The van der Waals surface area contributed by atoms with Crippen LogP contribution < -0.4 is 5.73 Å². The van der Waals surface area contributed by atoms with E-state index in [1.807, 2.05) is 19.1 Å². The first-order valence-electron chi connectivity index (χ1n) is 4.34. The number of aliphatic carboxylic acids is 1. The van der Waals surface area contributed by atoms with Crippen LogP contribution in [0.1, 0.15) is 11.1 Å². The highest BCUT2D eigenvalue weighted by atomic mass is 127. The zero-order valence-electron chi connectivity index (χ0n) is 8.13. The van der Waals surface area contributed by atoms with E-state index in [2.05, 4.69) is 45.2 Å². The van der Waals surface area contributed by atoms with Gasteiger partial charge in [-0.2, -0.15) is 0 Å². The lowest BCUT2D eigenvalue weighted by Crippen LogP contribution is -2.32. The molecule has 0 amide bonds. The Bertz CT molecular complexity index is 370. The van der Waals surface area contributed by atoms with Crippen LogP contribution in [0.5, 0.6) is 0 Å². The number of carboxylic acids is 1. The lowest BCUT2D eigenvalue weighted by molar-refractivity contribution is -0.138. The van der Waals surface area contributed by atoms with Gasteiger partial charge in [0.05, 0.1) is 0 Å². The van der Waals surface area contributed by atoms with Gasteiger partial charge in [-0.15, -0.1) is 0 Å². The minimum Gasteiger partial charge on any atom is -0.480 e. The van der Waals surface area contributed by atoms with Gasteiger partial charge in [0, 0.05) is 7.14 Å². The van der Waals surface area contributed by atoms with E-state index in [1.165, 1.54) is 5.56 Å². The van der Waals surface area contributed by atoms with Crippen molar-refractivity contribution in [1.29, 1.82) is 0 Å². The van der Waals surface area contributed by atoms with Gasteiger partial charge in [0.2, 0.25) is 0 Å². The summed E-state index contributed by atoms with van der Waals surface area (Å²) in [6.45, 7) is 2.05. The van der Waals surface area contributed by atoms with Crippen molar-refractivity contribution in [3.05, 3.63) is 30.4 Å². The molecule has 0 heterocycles. The summed E-state index contributed by atoms with van der Waals surface area (Å²) in [4.78, 5) is 10.6. The minimum atomic E-state index is -0.958. The second-order valence-electron chi connectivity index (χ2n) is 3.33. The Hall–Kier alpha value is 0.110. The molecule has 0 bridgehead atoms. The van der Waals surface area contributed by atoms with Crippen molar-refractivity contribution in [3.8, 4) is 0 Å². The molecule has 3 N–H and O–H groups in total. The zero-order valence-corrected chi connectivity index (χ0v) is 12.4. The highest BCUT2D eigenvalue weighted by Gasteiger charge is 2.13. The fourth-order valence-electron chi connectivity index (χ4n) is 1.16. The number of carbonyl (C=O) groups is 1. The van der Waals surface area contributed by atoms with Crippen LogP contribution in [-0.2, 0) is 11.2 Å². The van der Waals surface area contributed by atoms with Gasteiger partial charge in [-0.05, 0) is 81.8 Å². The Labute approximate surface area is 116 Å². The summed E-state index contributed by atoms with van der Waals surface area (Å²) in [7, 11) is 0. The van der Waals surface area contributed by atoms with Crippen LogP contribution in [0.4, 0.5) is 0 Å². The number of hydrogen-bond donors (Lipinski definition) is 2. The number of benzene rings is 1. The van der Waals surface area contributed by atoms with Gasteiger partial charge in [0.15, 0.2) is 0 Å². The van der Waals surface area contributed by atoms with E-state index in [1.54, 1.807) is 0 Å². The van der Waals surface area contributed by atoms with Crippen molar-refractivity contribution in [2.24, 2.45) is 5.73 Å². The molecule has 1 rings (SSSR count). The molecule has 82 valence electrons. The third-order valence-corrected chi connectivity index (χ3v) is 4.35. The highest BCUT2D eigenvalue weighted by Crippen LogP contribution is 2.21. The summed E-state index contributed by atoms with van der Waals surface area (Å²) in [5, 5.41) is 8.71. The third-order valence-electron chi connectivity index (χ3n) is 2.11. The van der Waals surface area contributed by atoms with Crippen molar-refractivity contribution in [2.45, 2.75) is 19.4 Å². The van der Waals surface area contributed by atoms with E-state index >= 15 is 0 Å². The monoisotopic (exact) mass is 431 g/mol. The lowest BCUT2D eigenvalue weighted by atomic mass is 10.1. The summed E-state index contributed by atoms with van der Waals surface area (Å²) >= 11 is 4.49. The number of rotatable bonds is 3. The van der Waals surface area contributed by atoms with E-state index in [9.17, 15) is 4.79 Å². The molecule has 15 heavy (non-hydrogen) atoms. The quantitative estimate of drug-likeness (QED) is 0.722.